The number of carbonyl (C=O) groups excluding carboxylic acids is 4. The largest absolute Gasteiger partial charge is 0.466 e. The highest BCUT2D eigenvalue weighted by molar-refractivity contribution is 8.00. The van der Waals surface area contributed by atoms with Crippen LogP contribution in [0.2, 0.25) is 0 Å². The molecule has 0 radical (unpaired) electrons. The van der Waals surface area contributed by atoms with Gasteiger partial charge in [-0.1, -0.05) is 189 Å². The van der Waals surface area contributed by atoms with Gasteiger partial charge in [0.25, 0.3) is 0 Å². The molecule has 0 spiro atoms. The number of hydrogen-bond donors (Lipinski definition) is 4. The van der Waals surface area contributed by atoms with Crippen molar-refractivity contribution in [1.29, 1.82) is 0 Å². The molecule has 2 saturated heterocycles. The molecule has 0 aromatic carbocycles. The van der Waals surface area contributed by atoms with Gasteiger partial charge in [-0.15, -0.1) is 0 Å². The minimum absolute atomic E-state index is 0.0596. The number of esters is 3. The maximum atomic E-state index is 11.7. The number of hydrogen-bond acceptors (Lipinski definition) is 10. The van der Waals surface area contributed by atoms with Crippen molar-refractivity contribution in [3.05, 3.63) is 0 Å². The number of aliphatic hydroxyl groups is 2. The van der Waals surface area contributed by atoms with Crippen LogP contribution in [0.4, 0.5) is 4.79 Å². The van der Waals surface area contributed by atoms with Crippen LogP contribution in [0.25, 0.3) is 0 Å². The van der Waals surface area contributed by atoms with Gasteiger partial charge >= 0.3 is 23.9 Å². The lowest BCUT2D eigenvalue weighted by molar-refractivity contribution is -0.145. The van der Waals surface area contributed by atoms with Crippen LogP contribution in [-0.2, 0) is 28.6 Å². The molecule has 0 aromatic rings. The first kappa shape index (κ1) is 77.8. The highest BCUT2D eigenvalue weighted by Gasteiger charge is 2.42. The van der Waals surface area contributed by atoms with Gasteiger partial charge in [0.2, 0.25) is 0 Å². The number of ether oxygens (including phenoxy) is 3. The third-order valence-corrected chi connectivity index (χ3v) is 11.5. The summed E-state index contributed by atoms with van der Waals surface area (Å²) in [6.45, 7) is 43.6. The first-order valence-electron chi connectivity index (χ1n) is 28.4. The van der Waals surface area contributed by atoms with E-state index in [0.717, 1.165) is 88.2 Å². The number of thioether (sulfide) groups is 1. The molecule has 0 unspecified atom stereocenters. The van der Waals surface area contributed by atoms with Crippen LogP contribution >= 0.6 is 11.8 Å². The van der Waals surface area contributed by atoms with Gasteiger partial charge in [-0.05, 0) is 92.3 Å². The number of carbonyl (C=O) groups is 4. The molecule has 12 heteroatoms. The second kappa shape index (κ2) is 51.4. The monoisotopic (exact) mass is 1030 g/mol. The molecule has 2 amide bonds. The molecule has 428 valence electrons. The quantitative estimate of drug-likeness (QED) is 0.0284. The summed E-state index contributed by atoms with van der Waals surface area (Å²) in [4.78, 5) is 45.1. The summed E-state index contributed by atoms with van der Waals surface area (Å²) in [5.74, 6) is 2.17. The van der Waals surface area contributed by atoms with Gasteiger partial charge in [-0.25, -0.2) is 4.79 Å². The third kappa shape index (κ3) is 72.3. The summed E-state index contributed by atoms with van der Waals surface area (Å²) in [7, 11) is 0. The van der Waals surface area contributed by atoms with E-state index in [2.05, 4.69) is 142 Å². The first-order chi connectivity index (χ1) is 33.1. The molecule has 0 aliphatic carbocycles. The van der Waals surface area contributed by atoms with Crippen molar-refractivity contribution in [2.75, 3.05) is 38.8 Å². The lowest BCUT2D eigenvalue weighted by Gasteiger charge is -2.18. The fourth-order valence-corrected chi connectivity index (χ4v) is 7.94. The molecule has 2 rings (SSSR count). The minimum atomic E-state index is -0.194. The van der Waals surface area contributed by atoms with Crippen molar-refractivity contribution in [2.24, 2.45) is 28.1 Å². The van der Waals surface area contributed by atoms with Crippen LogP contribution in [0.3, 0.4) is 0 Å². The lowest BCUT2D eigenvalue weighted by atomic mass is 9.91. The normalized spacial score (nSPS) is 15.6. The number of aliphatic hydroxyl groups excluding tert-OH is 2. The highest BCUT2D eigenvalue weighted by atomic mass is 32.2. The van der Waals surface area contributed by atoms with Gasteiger partial charge < -0.3 is 35.1 Å². The van der Waals surface area contributed by atoms with Crippen LogP contribution in [-0.4, -0.2) is 90.3 Å². The van der Waals surface area contributed by atoms with Gasteiger partial charge in [0.1, 0.15) is 0 Å². The third-order valence-electron chi connectivity index (χ3n) is 10.0. The van der Waals surface area contributed by atoms with E-state index in [1.54, 1.807) is 0 Å². The van der Waals surface area contributed by atoms with Crippen LogP contribution in [0.15, 0.2) is 0 Å². The van der Waals surface area contributed by atoms with E-state index in [9.17, 15) is 19.2 Å². The Morgan fingerprint density at radius 1 is 0.521 bits per heavy atom. The molecule has 2 aliphatic heterocycles. The Hall–Kier alpha value is -2.05. The molecule has 2 heterocycles. The van der Waals surface area contributed by atoms with Gasteiger partial charge in [0, 0.05) is 43.5 Å². The number of nitrogens with one attached hydrogen (secondary N) is 2. The van der Waals surface area contributed by atoms with Crippen LogP contribution in [0.5, 0.6) is 0 Å². The predicted molar refractivity (Wildman–Crippen MR) is 306 cm³/mol. The summed E-state index contributed by atoms with van der Waals surface area (Å²) in [6.07, 6.45) is 21.8. The minimum Gasteiger partial charge on any atom is -0.466 e. The molecule has 0 bridgehead atoms. The smallest absolute Gasteiger partial charge is 0.315 e. The zero-order valence-corrected chi connectivity index (χ0v) is 51.2. The van der Waals surface area contributed by atoms with Crippen molar-refractivity contribution < 1.29 is 43.6 Å². The molecular formula is C59H122N2O9S. The average Bonchev–Trinajstić information content (AvgIpc) is 3.81. The fraction of sp³-hybridized carbons (Fsp3) is 0.932. The Kier molecular flexibility index (Phi) is 56.4. The Labute approximate surface area is 445 Å². The van der Waals surface area contributed by atoms with E-state index < -0.39 is 0 Å². The van der Waals surface area contributed by atoms with Gasteiger partial charge in [-0.2, -0.15) is 11.8 Å². The number of fused-ring (bicyclic) bond motifs is 1. The van der Waals surface area contributed by atoms with E-state index in [0.29, 0.717) is 61.6 Å². The Morgan fingerprint density at radius 2 is 0.901 bits per heavy atom. The van der Waals surface area contributed by atoms with Crippen LogP contribution in [0, 0.1) is 28.1 Å². The highest BCUT2D eigenvalue weighted by Crippen LogP contribution is 2.33. The molecule has 3 atom stereocenters. The average molecular weight is 1040 g/mol. The molecule has 4 N–H and O–H groups in total. The predicted octanol–water partition coefficient (Wildman–Crippen LogP) is 15.8. The summed E-state index contributed by atoms with van der Waals surface area (Å²) >= 11 is 1.83. The maximum Gasteiger partial charge on any atom is 0.315 e. The summed E-state index contributed by atoms with van der Waals surface area (Å²) in [5, 5.41) is 23.1. The number of amides is 2. The Balaban J connectivity index is -0.000000259. The molecule has 2 aliphatic rings. The number of unbranched alkanes of at least 4 members (excludes halogenated alkanes) is 8. The Bertz CT molecular complexity index is 1180. The second-order valence-corrected chi connectivity index (χ2v) is 25.3. The van der Waals surface area contributed by atoms with E-state index in [1.807, 2.05) is 11.8 Å². The van der Waals surface area contributed by atoms with Crippen molar-refractivity contribution in [1.82, 2.24) is 10.6 Å². The van der Waals surface area contributed by atoms with Crippen molar-refractivity contribution >= 4 is 35.7 Å². The van der Waals surface area contributed by atoms with Crippen molar-refractivity contribution in [2.45, 2.75) is 290 Å². The molecule has 11 nitrogen and oxygen atoms in total. The van der Waals surface area contributed by atoms with Crippen molar-refractivity contribution in [3.8, 4) is 0 Å². The number of rotatable bonds is 26. The van der Waals surface area contributed by atoms with Crippen LogP contribution < -0.4 is 10.6 Å². The van der Waals surface area contributed by atoms with Gasteiger partial charge in [0.15, 0.2) is 0 Å². The molecule has 71 heavy (non-hydrogen) atoms. The van der Waals surface area contributed by atoms with E-state index in [4.69, 9.17) is 24.4 Å². The SMILES string of the molecule is CC(C)(C)CCCOC(=O)CCCCCO.CC(C)(C)CCCOC(=O)CC[C@@H]1SC[C@@H]2NC(=O)N[C@@H]21.CC(C)C.CC(C)C.CCCC(C)(C)C.CCCCCCC.CCCCCOC(=O)CCCO. The van der Waals surface area contributed by atoms with Gasteiger partial charge in [-0.3, -0.25) is 14.4 Å². The van der Waals surface area contributed by atoms with E-state index in [-0.39, 0.29) is 54.7 Å². The molecular weight excluding hydrogens is 913 g/mol. The topological polar surface area (TPSA) is 160 Å². The van der Waals surface area contributed by atoms with Gasteiger partial charge in [0.05, 0.1) is 31.9 Å². The van der Waals surface area contributed by atoms with Crippen molar-refractivity contribution in [3.63, 3.8) is 0 Å². The maximum absolute atomic E-state index is 11.7. The van der Waals surface area contributed by atoms with E-state index >= 15 is 0 Å². The molecule has 0 saturated carbocycles. The summed E-state index contributed by atoms with van der Waals surface area (Å²) < 4.78 is 15.3. The van der Waals surface area contributed by atoms with Crippen LogP contribution in [0.1, 0.15) is 273 Å². The van der Waals surface area contributed by atoms with E-state index in [1.165, 1.54) is 44.9 Å². The Morgan fingerprint density at radius 3 is 1.28 bits per heavy atom. The first-order valence-corrected chi connectivity index (χ1v) is 29.5. The number of urea groups is 1. The summed E-state index contributed by atoms with van der Waals surface area (Å²) in [5.41, 5.74) is 1.15. The lowest BCUT2D eigenvalue weighted by Crippen LogP contribution is -2.37. The zero-order chi connectivity index (χ0) is 55.7. The molecule has 0 aromatic heterocycles. The standard InChI is InChI=1S/C15H26N2O3S.C13H26O3.C9H18O3.2C7H16.2C4H10/c1-15(2,3)7-4-8-20-12(18)6-5-11-13-10(9-21-11)16-14(19)17-13;1-13(2,3)9-7-11-16-12(15)8-5-4-6-10-14;1-2-3-4-8-12-9(11)6-5-7-10;1-5-6-7(2,3)4;1-3-5-7-6-4-2;2*1-4(2)3/h10-11,13H,4-9H2,1-3H3,(H2,16,17,19);14H,4-11H2,1-3H3;10H,2-8H2,1H3;5-6H2,1-4H3;3-7H2,1-2H3;2*4H,1-3H3/t10-,11-,13-;;;;;;/m0....../s1. The molecule has 2 fully saturated rings. The summed E-state index contributed by atoms with van der Waals surface area (Å²) in [6, 6.07) is 0.298. The fourth-order valence-electron chi connectivity index (χ4n) is 6.44. The second-order valence-electron chi connectivity index (χ2n) is 24.1. The zero-order valence-electron chi connectivity index (χ0n) is 50.3.